The van der Waals surface area contributed by atoms with Crippen LogP contribution in [-0.2, 0) is 19.5 Å². The van der Waals surface area contributed by atoms with Crippen molar-refractivity contribution in [3.05, 3.63) is 18.2 Å². The lowest BCUT2D eigenvalue weighted by molar-refractivity contribution is -0.704. The summed E-state index contributed by atoms with van der Waals surface area (Å²) in [6.45, 7) is 9.38. The molecule has 0 N–H and O–H groups in total. The third-order valence-electron chi connectivity index (χ3n) is 8.35. The van der Waals surface area contributed by atoms with Gasteiger partial charge in [-0.3, -0.25) is 0 Å². The second-order valence-electron chi connectivity index (χ2n) is 12.0. The lowest BCUT2D eigenvalue weighted by Gasteiger charge is -2.07. The zero-order valence-electron chi connectivity index (χ0n) is 26.1. The molecule has 37 heavy (non-hydrogen) atoms. The van der Waals surface area contributed by atoms with Gasteiger partial charge in [-0.25, -0.2) is 9.13 Å². The van der Waals surface area contributed by atoms with Crippen LogP contribution >= 0.6 is 0 Å². The van der Waals surface area contributed by atoms with Crippen molar-refractivity contribution in [2.45, 2.75) is 207 Å². The van der Waals surface area contributed by atoms with Crippen molar-refractivity contribution < 1.29 is 4.57 Å². The Morgan fingerprint density at radius 1 is 0.459 bits per heavy atom. The van der Waals surface area contributed by atoms with Gasteiger partial charge >= 0.3 is 0 Å². The summed E-state index contributed by atoms with van der Waals surface area (Å²) in [5.74, 6) is 1.61. The molecule has 0 bridgehead atoms. The van der Waals surface area contributed by atoms with E-state index >= 15 is 0 Å². The largest absolute Gasteiger partial charge is 0.256 e. The zero-order valence-corrected chi connectivity index (χ0v) is 26.1. The monoisotopic (exact) mass is 518 g/mol. The topological polar surface area (TPSA) is 8.81 Å². The molecule has 0 aliphatic heterocycles. The fourth-order valence-corrected chi connectivity index (χ4v) is 5.80. The van der Waals surface area contributed by atoms with Gasteiger partial charge in [0, 0.05) is 6.42 Å². The summed E-state index contributed by atoms with van der Waals surface area (Å²) in [5.41, 5.74) is 0. The minimum Gasteiger partial charge on any atom is -0.234 e. The molecule has 0 unspecified atom stereocenters. The van der Waals surface area contributed by atoms with Crippen LogP contribution in [0.1, 0.15) is 194 Å². The molecule has 218 valence electrons. The molecule has 0 aromatic carbocycles. The highest BCUT2D eigenvalue weighted by Crippen LogP contribution is 2.14. The molecule has 0 amide bonds. The summed E-state index contributed by atoms with van der Waals surface area (Å²) in [7, 11) is 0. The number of hydrogen-bond acceptors (Lipinski definition) is 0. The van der Waals surface area contributed by atoms with Crippen LogP contribution in [0.3, 0.4) is 0 Å². The van der Waals surface area contributed by atoms with E-state index in [9.17, 15) is 0 Å². The average Bonchev–Trinajstić information content (AvgIpc) is 3.29. The van der Waals surface area contributed by atoms with Crippen molar-refractivity contribution in [1.29, 1.82) is 0 Å². The fourth-order valence-electron chi connectivity index (χ4n) is 5.80. The highest BCUT2D eigenvalue weighted by atomic mass is 15.1. The molecule has 0 radical (unpaired) electrons. The summed E-state index contributed by atoms with van der Waals surface area (Å²) in [4.78, 5) is 0. The molecule has 1 aromatic rings. The van der Waals surface area contributed by atoms with Gasteiger partial charge in [0.25, 0.3) is 5.82 Å². The second-order valence-corrected chi connectivity index (χ2v) is 12.0. The lowest BCUT2D eigenvalue weighted by atomic mass is 10.0. The van der Waals surface area contributed by atoms with Gasteiger partial charge < -0.3 is 0 Å². The Morgan fingerprint density at radius 3 is 1.30 bits per heavy atom. The van der Waals surface area contributed by atoms with Crippen LogP contribution in [-0.4, -0.2) is 4.57 Å². The van der Waals surface area contributed by atoms with Crippen LogP contribution in [0.2, 0.25) is 0 Å². The number of hydrogen-bond donors (Lipinski definition) is 0. The van der Waals surface area contributed by atoms with Gasteiger partial charge in [-0.15, -0.1) is 0 Å². The molecule has 0 aliphatic carbocycles. The zero-order chi connectivity index (χ0) is 26.7. The number of rotatable bonds is 29. The molecule has 2 nitrogen and oxygen atoms in total. The van der Waals surface area contributed by atoms with Crippen molar-refractivity contribution >= 4 is 0 Å². The molecule has 1 aromatic heterocycles. The molecule has 0 fully saturated rings. The first-order valence-corrected chi connectivity index (χ1v) is 17.4. The van der Waals surface area contributed by atoms with Crippen LogP contribution in [0.4, 0.5) is 0 Å². The Morgan fingerprint density at radius 2 is 0.838 bits per heavy atom. The number of nitrogens with zero attached hydrogens (tertiary/aromatic N) is 2. The Kier molecular flexibility index (Phi) is 24.8. The maximum atomic E-state index is 2.61. The fraction of sp³-hybridized carbons (Fsp3) is 0.914. The van der Waals surface area contributed by atoms with Crippen LogP contribution in [0.15, 0.2) is 12.4 Å². The van der Waals surface area contributed by atoms with E-state index in [1.165, 1.54) is 186 Å². The SMILES string of the molecule is CCCCCCCCCCCCCCCCC[n+]1ccn(CCCCCC)c1CCCCCCCCC. The first-order valence-electron chi connectivity index (χ1n) is 17.4. The maximum absolute atomic E-state index is 2.61. The Bertz CT molecular complexity index is 576. The number of imidazole rings is 1. The summed E-state index contributed by atoms with van der Waals surface area (Å²) in [6, 6.07) is 0. The van der Waals surface area contributed by atoms with Crippen LogP contribution in [0, 0.1) is 0 Å². The third-order valence-corrected chi connectivity index (χ3v) is 8.35. The van der Waals surface area contributed by atoms with Crippen LogP contribution < -0.4 is 4.57 Å². The quantitative estimate of drug-likeness (QED) is 0.0737. The molecule has 0 saturated carbocycles. The predicted octanol–water partition coefficient (Wildman–Crippen LogP) is 11.5. The molecule has 1 heterocycles. The van der Waals surface area contributed by atoms with E-state index in [1.807, 2.05) is 0 Å². The van der Waals surface area contributed by atoms with E-state index < -0.39 is 0 Å². The highest BCUT2D eigenvalue weighted by Gasteiger charge is 2.16. The number of unbranched alkanes of at least 4 members (excludes halogenated alkanes) is 23. The summed E-state index contributed by atoms with van der Waals surface area (Å²) in [5, 5.41) is 0. The molecule has 0 spiro atoms. The first kappa shape index (κ1) is 34.2. The third kappa shape index (κ3) is 19.9. The molecule has 0 atom stereocenters. The Hall–Kier alpha value is -0.790. The van der Waals surface area contributed by atoms with Gasteiger partial charge in [0.05, 0.1) is 13.1 Å². The average molecular weight is 518 g/mol. The molecule has 2 heteroatoms. The lowest BCUT2D eigenvalue weighted by Crippen LogP contribution is -2.37. The first-order chi connectivity index (χ1) is 18.3. The van der Waals surface area contributed by atoms with Gasteiger partial charge in [0.15, 0.2) is 0 Å². The van der Waals surface area contributed by atoms with Crippen molar-refractivity contribution in [3.8, 4) is 0 Å². The Labute approximate surface area is 234 Å². The van der Waals surface area contributed by atoms with Crippen molar-refractivity contribution in [1.82, 2.24) is 4.57 Å². The van der Waals surface area contributed by atoms with E-state index in [2.05, 4.69) is 42.3 Å². The van der Waals surface area contributed by atoms with Gasteiger partial charge in [-0.1, -0.05) is 156 Å². The van der Waals surface area contributed by atoms with E-state index in [0.29, 0.717) is 0 Å². The van der Waals surface area contributed by atoms with E-state index in [-0.39, 0.29) is 0 Å². The van der Waals surface area contributed by atoms with Crippen molar-refractivity contribution in [3.63, 3.8) is 0 Å². The molecular formula is C35H69N2+. The number of aromatic nitrogens is 2. The predicted molar refractivity (Wildman–Crippen MR) is 165 cm³/mol. The minimum atomic E-state index is 1.22. The van der Waals surface area contributed by atoms with Gasteiger partial charge in [0.2, 0.25) is 0 Å². The van der Waals surface area contributed by atoms with Gasteiger partial charge in [-0.2, -0.15) is 0 Å². The van der Waals surface area contributed by atoms with Crippen molar-refractivity contribution in [2.24, 2.45) is 0 Å². The smallest absolute Gasteiger partial charge is 0.234 e. The maximum Gasteiger partial charge on any atom is 0.256 e. The van der Waals surface area contributed by atoms with Crippen molar-refractivity contribution in [2.75, 3.05) is 0 Å². The van der Waals surface area contributed by atoms with E-state index in [0.717, 1.165) is 0 Å². The molecular weight excluding hydrogens is 448 g/mol. The number of aryl methyl sites for hydroxylation is 2. The van der Waals surface area contributed by atoms with Crippen LogP contribution in [0.5, 0.6) is 0 Å². The Balaban J connectivity index is 2.17. The summed E-state index contributed by atoms with van der Waals surface area (Å²) in [6.07, 6.45) is 43.0. The van der Waals surface area contributed by atoms with E-state index in [4.69, 9.17) is 0 Å². The van der Waals surface area contributed by atoms with Gasteiger partial charge in [0.1, 0.15) is 12.4 Å². The molecule has 1 rings (SSSR count). The minimum absolute atomic E-state index is 1.22. The summed E-state index contributed by atoms with van der Waals surface area (Å²) >= 11 is 0. The standard InChI is InChI=1S/C35H69N2/c1-4-7-10-13-15-16-17-18-19-20-21-22-24-26-29-32-37-34-33-36(31-28-12-9-6-3)35(37)30-27-25-23-14-11-8-5-2/h33-34H,4-32H2,1-3H3/q+1. The van der Waals surface area contributed by atoms with E-state index in [1.54, 1.807) is 5.82 Å². The van der Waals surface area contributed by atoms with Crippen LogP contribution in [0.25, 0.3) is 0 Å². The highest BCUT2D eigenvalue weighted by molar-refractivity contribution is 4.84. The normalized spacial score (nSPS) is 11.5. The molecule has 0 saturated heterocycles. The second kappa shape index (κ2) is 26.8. The molecule has 0 aliphatic rings. The van der Waals surface area contributed by atoms with Gasteiger partial charge in [-0.05, 0) is 32.1 Å². The summed E-state index contributed by atoms with van der Waals surface area (Å²) < 4.78 is 5.21.